The van der Waals surface area contributed by atoms with Gasteiger partial charge in [-0.2, -0.15) is 0 Å². The molecule has 2 heteroatoms. The first-order chi connectivity index (χ1) is 13.3. The number of benzene rings is 2. The maximum absolute atomic E-state index is 12.8. The van der Waals surface area contributed by atoms with E-state index in [4.69, 9.17) is 0 Å². The minimum Gasteiger partial charge on any atom is -0.329 e. The van der Waals surface area contributed by atoms with Gasteiger partial charge in [-0.15, -0.1) is 0 Å². The zero-order chi connectivity index (χ0) is 19.7. The highest BCUT2D eigenvalue weighted by Crippen LogP contribution is 2.48. The van der Waals surface area contributed by atoms with Crippen molar-refractivity contribution in [1.29, 1.82) is 0 Å². The topological polar surface area (TPSA) is 29.1 Å². The summed E-state index contributed by atoms with van der Waals surface area (Å²) in [5.41, 5.74) is 4.29. The molecule has 1 N–H and O–H groups in total. The molecule has 0 atom stereocenters. The zero-order valence-corrected chi connectivity index (χ0v) is 17.0. The van der Waals surface area contributed by atoms with E-state index in [0.29, 0.717) is 0 Å². The third-order valence-electron chi connectivity index (χ3n) is 4.80. The lowest BCUT2D eigenvalue weighted by Gasteiger charge is -2.16. The van der Waals surface area contributed by atoms with E-state index in [1.807, 2.05) is 70.2 Å². The Balaban J connectivity index is 0.000000614. The molecule has 27 heavy (non-hydrogen) atoms. The van der Waals surface area contributed by atoms with Gasteiger partial charge in [0, 0.05) is 12.1 Å². The van der Waals surface area contributed by atoms with Gasteiger partial charge in [-0.05, 0) is 35.6 Å². The van der Waals surface area contributed by atoms with E-state index < -0.39 is 0 Å². The summed E-state index contributed by atoms with van der Waals surface area (Å²) < 4.78 is 0. The van der Waals surface area contributed by atoms with Crippen LogP contribution in [-0.2, 0) is 10.2 Å². The van der Waals surface area contributed by atoms with E-state index in [1.54, 1.807) is 0 Å². The molecule has 0 heterocycles. The van der Waals surface area contributed by atoms with Crippen molar-refractivity contribution in [2.24, 2.45) is 0 Å². The van der Waals surface area contributed by atoms with Crippen LogP contribution in [0.25, 0.3) is 5.57 Å². The smallest absolute Gasteiger partial charge is 0.234 e. The molecule has 0 bridgehead atoms. The van der Waals surface area contributed by atoms with Gasteiger partial charge in [0.1, 0.15) is 0 Å². The van der Waals surface area contributed by atoms with Crippen LogP contribution in [-0.4, -0.2) is 5.91 Å². The second kappa shape index (κ2) is 9.91. The monoisotopic (exact) mass is 361 g/mol. The first kappa shape index (κ1) is 20.7. The minimum atomic E-state index is -0.308. The van der Waals surface area contributed by atoms with E-state index in [1.165, 1.54) is 11.1 Å². The predicted octanol–water partition coefficient (Wildman–Crippen LogP) is 6.26. The summed E-state index contributed by atoms with van der Waals surface area (Å²) >= 11 is 0. The van der Waals surface area contributed by atoms with Crippen LogP contribution in [0.15, 0.2) is 78.5 Å². The van der Waals surface area contributed by atoms with Crippen LogP contribution in [0.3, 0.4) is 0 Å². The molecule has 1 fully saturated rings. The second-order valence-electron chi connectivity index (χ2n) is 6.33. The van der Waals surface area contributed by atoms with Crippen LogP contribution in [0, 0.1) is 0 Å². The normalized spacial score (nSPS) is 15.9. The van der Waals surface area contributed by atoms with E-state index in [9.17, 15) is 4.79 Å². The summed E-state index contributed by atoms with van der Waals surface area (Å²) in [6, 6.07) is 20.4. The Bertz CT molecular complexity index is 784. The summed E-state index contributed by atoms with van der Waals surface area (Å²) in [5, 5.41) is 3.15. The molecular weight excluding hydrogens is 330 g/mol. The maximum Gasteiger partial charge on any atom is 0.234 e. The maximum atomic E-state index is 12.8. The first-order valence-electron chi connectivity index (χ1n) is 10.1. The van der Waals surface area contributed by atoms with Gasteiger partial charge in [-0.3, -0.25) is 4.79 Å². The SMILES string of the molecule is CC.CC.O=C(NC1=CC=C(c2ccccc2)C1)C1(c2ccccc2)CC1. The highest BCUT2D eigenvalue weighted by Gasteiger charge is 2.51. The highest BCUT2D eigenvalue weighted by molar-refractivity contribution is 5.93. The summed E-state index contributed by atoms with van der Waals surface area (Å²) in [5.74, 6) is 0.137. The standard InChI is InChI=1S/C21H19NO.2C2H6/c23-20(21(13-14-21)18-9-5-2-6-10-18)22-19-12-11-17(15-19)16-7-3-1-4-8-16;2*1-2/h1-12H,13-15H2,(H,22,23);2*1-2H3. The lowest BCUT2D eigenvalue weighted by Crippen LogP contribution is -2.33. The molecule has 1 amide bonds. The second-order valence-corrected chi connectivity index (χ2v) is 6.33. The van der Waals surface area contributed by atoms with Crippen LogP contribution >= 0.6 is 0 Å². The van der Waals surface area contributed by atoms with Gasteiger partial charge >= 0.3 is 0 Å². The van der Waals surface area contributed by atoms with Crippen molar-refractivity contribution in [3.63, 3.8) is 0 Å². The van der Waals surface area contributed by atoms with Gasteiger partial charge in [-0.1, -0.05) is 94.4 Å². The number of carbonyl (C=O) groups excluding carboxylic acids is 1. The minimum absolute atomic E-state index is 0.137. The fourth-order valence-corrected chi connectivity index (χ4v) is 3.26. The number of carbonyl (C=O) groups is 1. The molecule has 2 aromatic carbocycles. The van der Waals surface area contributed by atoms with E-state index in [2.05, 4.69) is 35.7 Å². The summed E-state index contributed by atoms with van der Waals surface area (Å²) in [6.07, 6.45) is 6.80. The van der Waals surface area contributed by atoms with Crippen LogP contribution < -0.4 is 5.32 Å². The molecule has 142 valence electrons. The van der Waals surface area contributed by atoms with Gasteiger partial charge < -0.3 is 5.32 Å². The summed E-state index contributed by atoms with van der Waals surface area (Å²) in [7, 11) is 0. The van der Waals surface area contributed by atoms with Gasteiger partial charge in [0.2, 0.25) is 5.91 Å². The Labute approximate surface area is 164 Å². The first-order valence-corrected chi connectivity index (χ1v) is 10.1. The molecule has 2 aromatic rings. The van der Waals surface area contributed by atoms with Crippen molar-refractivity contribution in [3.05, 3.63) is 89.6 Å². The summed E-state index contributed by atoms with van der Waals surface area (Å²) in [4.78, 5) is 12.8. The third kappa shape index (κ3) is 4.77. The molecule has 2 nitrogen and oxygen atoms in total. The molecule has 2 aliphatic rings. The van der Waals surface area contributed by atoms with Crippen molar-refractivity contribution in [3.8, 4) is 0 Å². The molecule has 4 rings (SSSR count). The lowest BCUT2D eigenvalue weighted by atomic mass is 9.95. The Morgan fingerprint density at radius 3 is 1.93 bits per heavy atom. The van der Waals surface area contributed by atoms with E-state index in [-0.39, 0.29) is 11.3 Å². The van der Waals surface area contributed by atoms with Crippen LogP contribution in [0.5, 0.6) is 0 Å². The fraction of sp³-hybridized carbons (Fsp3) is 0.320. The van der Waals surface area contributed by atoms with Crippen molar-refractivity contribution in [2.75, 3.05) is 0 Å². The molecule has 0 saturated heterocycles. The van der Waals surface area contributed by atoms with Gasteiger partial charge in [0.15, 0.2) is 0 Å². The number of amides is 1. The van der Waals surface area contributed by atoms with Crippen LogP contribution in [0.2, 0.25) is 0 Å². The van der Waals surface area contributed by atoms with Crippen molar-refractivity contribution >= 4 is 11.5 Å². The van der Waals surface area contributed by atoms with Crippen molar-refractivity contribution in [2.45, 2.75) is 52.4 Å². The van der Waals surface area contributed by atoms with Crippen LogP contribution in [0.4, 0.5) is 0 Å². The molecule has 0 aromatic heterocycles. The Morgan fingerprint density at radius 1 is 0.815 bits per heavy atom. The van der Waals surface area contributed by atoms with Gasteiger partial charge in [0.25, 0.3) is 0 Å². The van der Waals surface area contributed by atoms with Gasteiger partial charge in [0.05, 0.1) is 5.41 Å². The predicted molar refractivity (Wildman–Crippen MR) is 115 cm³/mol. The van der Waals surface area contributed by atoms with Gasteiger partial charge in [-0.25, -0.2) is 0 Å². The largest absolute Gasteiger partial charge is 0.329 e. The highest BCUT2D eigenvalue weighted by atomic mass is 16.2. The van der Waals surface area contributed by atoms with E-state index >= 15 is 0 Å². The third-order valence-corrected chi connectivity index (χ3v) is 4.80. The van der Waals surface area contributed by atoms with Crippen LogP contribution in [0.1, 0.15) is 58.1 Å². The molecule has 0 spiro atoms. The van der Waals surface area contributed by atoms with Crippen molar-refractivity contribution in [1.82, 2.24) is 5.32 Å². The fourth-order valence-electron chi connectivity index (χ4n) is 3.26. The molecule has 0 aliphatic heterocycles. The quantitative estimate of drug-likeness (QED) is 0.684. The van der Waals surface area contributed by atoms with E-state index in [0.717, 1.165) is 30.5 Å². The molecule has 0 radical (unpaired) electrons. The number of allylic oxidation sites excluding steroid dienone is 3. The average molecular weight is 362 g/mol. The molecule has 0 unspecified atom stereocenters. The average Bonchev–Trinajstić information content (AvgIpc) is 3.45. The number of hydrogen-bond acceptors (Lipinski definition) is 1. The number of rotatable bonds is 4. The Morgan fingerprint density at radius 2 is 1.37 bits per heavy atom. The number of hydrogen-bond donors (Lipinski definition) is 1. The number of nitrogens with one attached hydrogen (secondary N) is 1. The lowest BCUT2D eigenvalue weighted by molar-refractivity contribution is -0.122. The van der Waals surface area contributed by atoms with Crippen molar-refractivity contribution < 1.29 is 4.79 Å². The Kier molecular flexibility index (Phi) is 7.60. The molecular formula is C25H31NO. The summed E-state index contributed by atoms with van der Waals surface area (Å²) in [6.45, 7) is 8.00. The molecule has 2 aliphatic carbocycles. The zero-order valence-electron chi connectivity index (χ0n) is 17.0. The Hall–Kier alpha value is -2.61. The molecule has 1 saturated carbocycles.